The second-order valence-electron chi connectivity index (χ2n) is 5.98. The smallest absolute Gasteiger partial charge is 0.306 e. The number of furan rings is 1. The summed E-state index contributed by atoms with van der Waals surface area (Å²) in [7, 11) is 1.27. The first-order valence-electron chi connectivity index (χ1n) is 8.14. The van der Waals surface area contributed by atoms with Gasteiger partial charge in [-0.3, -0.25) is 9.59 Å². The van der Waals surface area contributed by atoms with E-state index in [4.69, 9.17) is 9.15 Å². The summed E-state index contributed by atoms with van der Waals surface area (Å²) < 4.78 is 10.6. The van der Waals surface area contributed by atoms with E-state index in [-0.39, 0.29) is 17.7 Å². The number of hydrogen-bond acceptors (Lipinski definition) is 5. The van der Waals surface area contributed by atoms with E-state index in [0.717, 1.165) is 5.56 Å². The van der Waals surface area contributed by atoms with Crippen LogP contribution in [0.4, 0.5) is 0 Å². The Hall–Kier alpha value is -3.28. The van der Waals surface area contributed by atoms with Crippen LogP contribution in [0.3, 0.4) is 0 Å². The van der Waals surface area contributed by atoms with Crippen molar-refractivity contribution in [2.24, 2.45) is 0 Å². The molecule has 2 aromatic heterocycles. The molecule has 2 heterocycles. The first-order valence-corrected chi connectivity index (χ1v) is 8.14. The van der Waals surface area contributed by atoms with Gasteiger partial charge in [-0.2, -0.15) is 0 Å². The Bertz CT molecular complexity index is 971. The highest BCUT2D eigenvalue weighted by Crippen LogP contribution is 2.35. The van der Waals surface area contributed by atoms with E-state index in [1.54, 1.807) is 19.1 Å². The van der Waals surface area contributed by atoms with Crippen molar-refractivity contribution in [1.29, 1.82) is 0 Å². The Balaban J connectivity index is 2.07. The van der Waals surface area contributed by atoms with Crippen LogP contribution in [0.1, 0.15) is 29.4 Å². The fraction of sp³-hybridized carbons (Fsp3) is 0.200. The van der Waals surface area contributed by atoms with Crippen molar-refractivity contribution in [3.8, 4) is 17.1 Å². The van der Waals surface area contributed by atoms with Crippen molar-refractivity contribution in [2.45, 2.75) is 19.3 Å². The van der Waals surface area contributed by atoms with E-state index >= 15 is 0 Å². The summed E-state index contributed by atoms with van der Waals surface area (Å²) in [6, 6.07) is 14.4. The maximum Gasteiger partial charge on any atom is 0.306 e. The zero-order chi connectivity index (χ0) is 18.7. The monoisotopic (exact) mass is 353 g/mol. The van der Waals surface area contributed by atoms with Crippen molar-refractivity contribution >= 4 is 5.97 Å². The van der Waals surface area contributed by atoms with Gasteiger partial charge in [-0.05, 0) is 25.1 Å². The van der Waals surface area contributed by atoms with Crippen LogP contribution in [-0.2, 0) is 9.53 Å². The average molecular weight is 353 g/mol. The summed E-state index contributed by atoms with van der Waals surface area (Å²) in [4.78, 5) is 26.9. The Morgan fingerprint density at radius 1 is 1.23 bits per heavy atom. The molecule has 0 unspecified atom stereocenters. The first-order chi connectivity index (χ1) is 12.5. The van der Waals surface area contributed by atoms with Crippen molar-refractivity contribution in [1.82, 2.24) is 4.98 Å². The second kappa shape index (κ2) is 7.31. The fourth-order valence-corrected chi connectivity index (χ4v) is 2.91. The molecule has 0 aliphatic heterocycles. The zero-order valence-corrected chi connectivity index (χ0v) is 14.5. The molecule has 134 valence electrons. The molecule has 1 atom stereocenters. The molecule has 0 saturated heterocycles. The molecule has 0 amide bonds. The van der Waals surface area contributed by atoms with Gasteiger partial charge in [-0.15, -0.1) is 0 Å². The van der Waals surface area contributed by atoms with Gasteiger partial charge in [0, 0.05) is 11.3 Å². The number of nitrogens with one attached hydrogen (secondary N) is 1. The number of aromatic nitrogens is 1. The van der Waals surface area contributed by atoms with E-state index in [0.29, 0.717) is 17.2 Å². The number of carbonyl (C=O) groups is 1. The van der Waals surface area contributed by atoms with Gasteiger partial charge < -0.3 is 19.2 Å². The van der Waals surface area contributed by atoms with E-state index in [9.17, 15) is 14.7 Å². The molecule has 0 fully saturated rings. The topological polar surface area (TPSA) is 92.5 Å². The quantitative estimate of drug-likeness (QED) is 0.686. The van der Waals surface area contributed by atoms with Crippen LogP contribution in [0.15, 0.2) is 57.7 Å². The third kappa shape index (κ3) is 3.54. The highest BCUT2D eigenvalue weighted by atomic mass is 16.5. The molecule has 2 N–H and O–H groups in total. The molecular formula is C20H19NO5. The Kier molecular flexibility index (Phi) is 4.93. The van der Waals surface area contributed by atoms with Gasteiger partial charge in [0.15, 0.2) is 0 Å². The summed E-state index contributed by atoms with van der Waals surface area (Å²) in [6.07, 6.45) is -0.127. The van der Waals surface area contributed by atoms with Crippen LogP contribution < -0.4 is 5.56 Å². The molecule has 0 radical (unpaired) electrons. The number of aromatic hydroxyl groups is 1. The SMILES string of the molecule is COC(=O)C[C@H](c1ccc(-c2ccccc2)o1)c1c(O)cc(C)[nH]c1=O. The van der Waals surface area contributed by atoms with Crippen LogP contribution in [0.2, 0.25) is 0 Å². The Labute approximate surface area is 150 Å². The first kappa shape index (κ1) is 17.5. The minimum atomic E-state index is -0.760. The summed E-state index contributed by atoms with van der Waals surface area (Å²) in [6.45, 7) is 1.67. The molecule has 0 bridgehead atoms. The van der Waals surface area contributed by atoms with E-state index in [1.807, 2.05) is 30.3 Å². The Morgan fingerprint density at radius 3 is 2.62 bits per heavy atom. The van der Waals surface area contributed by atoms with Crippen molar-refractivity contribution in [2.75, 3.05) is 7.11 Å². The summed E-state index contributed by atoms with van der Waals surface area (Å²) in [5.41, 5.74) is 1.01. The molecule has 26 heavy (non-hydrogen) atoms. The van der Waals surface area contributed by atoms with Gasteiger partial charge in [-0.25, -0.2) is 0 Å². The van der Waals surface area contributed by atoms with Gasteiger partial charge in [-0.1, -0.05) is 30.3 Å². The minimum absolute atomic E-state index is 0.0787. The highest BCUT2D eigenvalue weighted by Gasteiger charge is 2.28. The van der Waals surface area contributed by atoms with E-state index in [1.165, 1.54) is 13.2 Å². The fourth-order valence-electron chi connectivity index (χ4n) is 2.91. The number of aromatic amines is 1. The maximum absolute atomic E-state index is 12.4. The molecule has 6 nitrogen and oxygen atoms in total. The number of carbonyl (C=O) groups excluding carboxylic acids is 1. The highest BCUT2D eigenvalue weighted by molar-refractivity contribution is 5.71. The second-order valence-corrected chi connectivity index (χ2v) is 5.98. The molecule has 0 aliphatic rings. The maximum atomic E-state index is 12.4. The molecule has 0 spiro atoms. The van der Waals surface area contributed by atoms with Crippen LogP contribution in [0.25, 0.3) is 11.3 Å². The van der Waals surface area contributed by atoms with Gasteiger partial charge in [0.2, 0.25) is 0 Å². The van der Waals surface area contributed by atoms with Crippen LogP contribution >= 0.6 is 0 Å². The lowest BCUT2D eigenvalue weighted by Gasteiger charge is -2.15. The number of pyridine rings is 1. The predicted molar refractivity (Wildman–Crippen MR) is 96.1 cm³/mol. The third-order valence-electron chi connectivity index (χ3n) is 4.16. The summed E-state index contributed by atoms with van der Waals surface area (Å²) in [5, 5.41) is 10.3. The number of rotatable bonds is 5. The standard InChI is InChI=1S/C20H19NO5/c1-12-10-15(22)19(20(24)21-12)14(11-18(23)25-2)17-9-8-16(26-17)13-6-4-3-5-7-13/h3-10,14H,11H2,1-2H3,(H2,21,22,24)/t14-/m1/s1. The number of methoxy groups -OCH3 is 1. The van der Waals surface area contributed by atoms with Gasteiger partial charge >= 0.3 is 5.97 Å². The lowest BCUT2D eigenvalue weighted by atomic mass is 9.93. The van der Waals surface area contributed by atoms with E-state index in [2.05, 4.69) is 4.98 Å². The zero-order valence-electron chi connectivity index (χ0n) is 14.5. The lowest BCUT2D eigenvalue weighted by molar-refractivity contribution is -0.140. The van der Waals surface area contributed by atoms with Gasteiger partial charge in [0.05, 0.1) is 25.0 Å². The molecule has 3 aromatic rings. The summed E-state index contributed by atoms with van der Waals surface area (Å²) >= 11 is 0. The molecule has 0 saturated carbocycles. The van der Waals surface area contributed by atoms with Crippen molar-refractivity contribution in [3.63, 3.8) is 0 Å². The number of H-pyrrole nitrogens is 1. The summed E-state index contributed by atoms with van der Waals surface area (Å²) in [5.74, 6) is -0.438. The number of esters is 1. The van der Waals surface area contributed by atoms with Crippen LogP contribution in [0.5, 0.6) is 5.75 Å². The molecular weight excluding hydrogens is 334 g/mol. The number of hydrogen-bond donors (Lipinski definition) is 2. The lowest BCUT2D eigenvalue weighted by Crippen LogP contribution is -2.20. The molecule has 6 heteroatoms. The number of benzene rings is 1. The number of ether oxygens (including phenoxy) is 1. The third-order valence-corrected chi connectivity index (χ3v) is 4.16. The van der Waals surface area contributed by atoms with E-state index < -0.39 is 17.4 Å². The van der Waals surface area contributed by atoms with Crippen molar-refractivity contribution < 1.29 is 19.1 Å². The van der Waals surface area contributed by atoms with Gasteiger partial charge in [0.1, 0.15) is 17.3 Å². The molecule has 1 aromatic carbocycles. The molecule has 3 rings (SSSR count). The molecule has 0 aliphatic carbocycles. The number of aryl methyl sites for hydroxylation is 1. The average Bonchev–Trinajstić information content (AvgIpc) is 3.10. The van der Waals surface area contributed by atoms with Gasteiger partial charge in [0.25, 0.3) is 5.56 Å². The van der Waals surface area contributed by atoms with Crippen LogP contribution in [0, 0.1) is 6.92 Å². The minimum Gasteiger partial charge on any atom is -0.507 e. The normalized spacial score (nSPS) is 11.9. The largest absolute Gasteiger partial charge is 0.507 e. The predicted octanol–water partition coefficient (Wildman–Crippen LogP) is 3.34. The van der Waals surface area contributed by atoms with Crippen LogP contribution in [-0.4, -0.2) is 23.2 Å². The Morgan fingerprint density at radius 2 is 1.96 bits per heavy atom. The van der Waals surface area contributed by atoms with Crippen molar-refractivity contribution in [3.05, 3.63) is 75.9 Å².